The van der Waals surface area contributed by atoms with Crippen molar-refractivity contribution in [2.45, 2.75) is 6.92 Å². The standard InChI is InChI=1S/C5H4IN3/c1-3-5(6)4(2-7)9-8-3/h1H3,(H,8,9). The maximum absolute atomic E-state index is 8.39. The van der Waals surface area contributed by atoms with Crippen LogP contribution < -0.4 is 0 Å². The van der Waals surface area contributed by atoms with Crippen molar-refractivity contribution in [1.82, 2.24) is 10.2 Å². The number of nitrogens with one attached hydrogen (secondary N) is 1. The monoisotopic (exact) mass is 233 g/mol. The van der Waals surface area contributed by atoms with Crippen molar-refractivity contribution < 1.29 is 0 Å². The van der Waals surface area contributed by atoms with Crippen LogP contribution in [0.5, 0.6) is 0 Å². The third-order valence-corrected chi connectivity index (χ3v) is 2.30. The predicted octanol–water partition coefficient (Wildman–Crippen LogP) is 1.19. The van der Waals surface area contributed by atoms with Gasteiger partial charge in [0.1, 0.15) is 6.07 Å². The lowest BCUT2D eigenvalue weighted by Crippen LogP contribution is -1.74. The van der Waals surface area contributed by atoms with Gasteiger partial charge in [0, 0.05) is 5.69 Å². The van der Waals surface area contributed by atoms with Crippen LogP contribution in [0.1, 0.15) is 11.4 Å². The molecule has 1 aromatic heterocycles. The third kappa shape index (κ3) is 1.05. The Kier molecular flexibility index (Phi) is 1.71. The third-order valence-electron chi connectivity index (χ3n) is 0.978. The van der Waals surface area contributed by atoms with Crippen molar-refractivity contribution >= 4 is 22.6 Å². The highest BCUT2D eigenvalue weighted by Gasteiger charge is 2.03. The summed E-state index contributed by atoms with van der Waals surface area (Å²) in [5, 5.41) is 14.8. The van der Waals surface area contributed by atoms with E-state index in [2.05, 4.69) is 32.8 Å². The normalized spacial score (nSPS) is 9.00. The van der Waals surface area contributed by atoms with Crippen LogP contribution in [0.25, 0.3) is 0 Å². The number of nitrogens with zero attached hydrogens (tertiary/aromatic N) is 2. The van der Waals surface area contributed by atoms with Crippen molar-refractivity contribution in [2.24, 2.45) is 0 Å². The Morgan fingerprint density at radius 1 is 1.78 bits per heavy atom. The second-order valence-corrected chi connectivity index (χ2v) is 2.70. The van der Waals surface area contributed by atoms with E-state index in [9.17, 15) is 0 Å². The molecule has 0 aliphatic heterocycles. The van der Waals surface area contributed by atoms with Crippen LogP contribution in [-0.2, 0) is 0 Å². The molecular formula is C5H4IN3. The predicted molar refractivity (Wildman–Crippen MR) is 40.8 cm³/mol. The molecule has 4 heteroatoms. The summed E-state index contributed by atoms with van der Waals surface area (Å²) in [6, 6.07) is 1.97. The molecule has 0 atom stereocenters. The van der Waals surface area contributed by atoms with E-state index in [4.69, 9.17) is 5.26 Å². The summed E-state index contributed by atoms with van der Waals surface area (Å²) < 4.78 is 0.912. The summed E-state index contributed by atoms with van der Waals surface area (Å²) >= 11 is 2.08. The minimum Gasteiger partial charge on any atom is -0.280 e. The first-order valence-corrected chi connectivity index (χ1v) is 3.44. The van der Waals surface area contributed by atoms with Crippen molar-refractivity contribution in [2.75, 3.05) is 0 Å². The fraction of sp³-hybridized carbons (Fsp3) is 0.200. The zero-order chi connectivity index (χ0) is 6.85. The van der Waals surface area contributed by atoms with E-state index in [0.29, 0.717) is 5.69 Å². The van der Waals surface area contributed by atoms with Gasteiger partial charge in [0.05, 0.1) is 3.57 Å². The number of hydrogen-bond acceptors (Lipinski definition) is 2. The molecule has 0 saturated carbocycles. The van der Waals surface area contributed by atoms with Gasteiger partial charge in [-0.25, -0.2) is 0 Å². The second kappa shape index (κ2) is 2.35. The van der Waals surface area contributed by atoms with E-state index in [1.165, 1.54) is 0 Å². The number of hydrogen-bond donors (Lipinski definition) is 1. The Bertz CT molecular complexity index is 258. The molecular weight excluding hydrogens is 229 g/mol. The number of nitriles is 1. The van der Waals surface area contributed by atoms with E-state index < -0.39 is 0 Å². The summed E-state index contributed by atoms with van der Waals surface area (Å²) in [5.74, 6) is 0. The second-order valence-electron chi connectivity index (χ2n) is 1.62. The first-order chi connectivity index (χ1) is 4.25. The number of aryl methyl sites for hydroxylation is 1. The maximum atomic E-state index is 8.39. The fourth-order valence-electron chi connectivity index (χ4n) is 0.490. The molecule has 1 N–H and O–H groups in total. The summed E-state index contributed by atoms with van der Waals surface area (Å²) in [5.41, 5.74) is 1.43. The minimum atomic E-state index is 0.480. The van der Waals surface area contributed by atoms with Gasteiger partial charge in [-0.2, -0.15) is 10.4 Å². The van der Waals surface area contributed by atoms with E-state index in [1.807, 2.05) is 13.0 Å². The van der Waals surface area contributed by atoms with Gasteiger partial charge in [-0.3, -0.25) is 5.10 Å². The zero-order valence-corrected chi connectivity index (χ0v) is 6.93. The Morgan fingerprint density at radius 2 is 2.44 bits per heavy atom. The van der Waals surface area contributed by atoms with Crippen LogP contribution in [0, 0.1) is 21.8 Å². The van der Waals surface area contributed by atoms with Crippen molar-refractivity contribution in [3.8, 4) is 6.07 Å². The van der Waals surface area contributed by atoms with E-state index >= 15 is 0 Å². The van der Waals surface area contributed by atoms with Crippen LogP contribution in [0.15, 0.2) is 0 Å². The maximum Gasteiger partial charge on any atom is 0.175 e. The molecule has 0 aromatic carbocycles. The number of rotatable bonds is 0. The molecule has 0 amide bonds. The van der Waals surface area contributed by atoms with E-state index in [1.54, 1.807) is 0 Å². The molecule has 0 radical (unpaired) electrons. The topological polar surface area (TPSA) is 52.5 Å². The molecule has 1 aromatic rings. The molecule has 0 saturated heterocycles. The Hall–Kier alpha value is -0.570. The minimum absolute atomic E-state index is 0.480. The smallest absolute Gasteiger partial charge is 0.175 e. The largest absolute Gasteiger partial charge is 0.280 e. The van der Waals surface area contributed by atoms with Gasteiger partial charge in [-0.05, 0) is 29.5 Å². The SMILES string of the molecule is Cc1[nH]nc(C#N)c1I. The lowest BCUT2D eigenvalue weighted by Gasteiger charge is -1.79. The zero-order valence-electron chi connectivity index (χ0n) is 4.77. The molecule has 0 unspecified atom stereocenters. The number of aromatic amines is 1. The Balaban J connectivity index is 3.24. The highest BCUT2D eigenvalue weighted by molar-refractivity contribution is 14.1. The Labute approximate surface area is 66.2 Å². The van der Waals surface area contributed by atoms with Crippen LogP contribution in [-0.4, -0.2) is 10.2 Å². The van der Waals surface area contributed by atoms with Gasteiger partial charge in [0.15, 0.2) is 5.69 Å². The molecule has 1 heterocycles. The van der Waals surface area contributed by atoms with Gasteiger partial charge in [-0.15, -0.1) is 0 Å². The number of aromatic nitrogens is 2. The van der Waals surface area contributed by atoms with Gasteiger partial charge >= 0.3 is 0 Å². The summed E-state index contributed by atoms with van der Waals surface area (Å²) in [6.07, 6.45) is 0. The Morgan fingerprint density at radius 3 is 2.67 bits per heavy atom. The van der Waals surface area contributed by atoms with Gasteiger partial charge in [0.2, 0.25) is 0 Å². The molecule has 0 bridgehead atoms. The average Bonchev–Trinajstić information content (AvgIpc) is 2.15. The fourth-order valence-corrected chi connectivity index (χ4v) is 0.851. The molecule has 0 aliphatic carbocycles. The highest BCUT2D eigenvalue weighted by atomic mass is 127. The molecule has 1 rings (SSSR count). The quantitative estimate of drug-likeness (QED) is 0.684. The lowest BCUT2D eigenvalue weighted by molar-refractivity contribution is 1.03. The average molecular weight is 233 g/mol. The van der Waals surface area contributed by atoms with Gasteiger partial charge in [-0.1, -0.05) is 0 Å². The van der Waals surface area contributed by atoms with Gasteiger partial charge in [0.25, 0.3) is 0 Å². The first-order valence-electron chi connectivity index (χ1n) is 2.36. The van der Waals surface area contributed by atoms with Gasteiger partial charge < -0.3 is 0 Å². The number of halogens is 1. The van der Waals surface area contributed by atoms with E-state index in [0.717, 1.165) is 9.26 Å². The van der Waals surface area contributed by atoms with Crippen LogP contribution in [0.2, 0.25) is 0 Å². The summed E-state index contributed by atoms with van der Waals surface area (Å²) in [6.45, 7) is 1.88. The van der Waals surface area contributed by atoms with Crippen LogP contribution in [0.3, 0.4) is 0 Å². The van der Waals surface area contributed by atoms with Crippen molar-refractivity contribution in [3.63, 3.8) is 0 Å². The number of H-pyrrole nitrogens is 1. The highest BCUT2D eigenvalue weighted by Crippen LogP contribution is 2.10. The first kappa shape index (κ1) is 6.55. The summed E-state index contributed by atoms with van der Waals surface area (Å²) in [7, 11) is 0. The van der Waals surface area contributed by atoms with E-state index in [-0.39, 0.29) is 0 Å². The molecule has 3 nitrogen and oxygen atoms in total. The van der Waals surface area contributed by atoms with Crippen molar-refractivity contribution in [3.05, 3.63) is 15.0 Å². The van der Waals surface area contributed by atoms with Crippen LogP contribution in [0.4, 0.5) is 0 Å². The molecule has 0 spiro atoms. The van der Waals surface area contributed by atoms with Crippen molar-refractivity contribution in [1.29, 1.82) is 5.26 Å². The molecule has 9 heavy (non-hydrogen) atoms. The molecule has 46 valence electrons. The molecule has 0 fully saturated rings. The summed E-state index contributed by atoms with van der Waals surface area (Å²) in [4.78, 5) is 0. The lowest BCUT2D eigenvalue weighted by atomic mass is 10.4. The molecule has 0 aliphatic rings. The van der Waals surface area contributed by atoms with Crippen LogP contribution >= 0.6 is 22.6 Å².